The van der Waals surface area contributed by atoms with Crippen LogP contribution in [0.3, 0.4) is 0 Å². The summed E-state index contributed by atoms with van der Waals surface area (Å²) in [5, 5.41) is 0. The molecule has 0 aromatic carbocycles. The van der Waals surface area contributed by atoms with E-state index in [4.69, 9.17) is 0 Å². The predicted octanol–water partition coefficient (Wildman–Crippen LogP) is -8.61. The number of hydrogen-bond acceptors (Lipinski definition) is 0. The second kappa shape index (κ2) is 686. The van der Waals surface area contributed by atoms with Crippen LogP contribution < -0.4 is 20.3 Å². The van der Waals surface area contributed by atoms with Crippen molar-refractivity contribution in [3.05, 3.63) is 0 Å². The molecule has 5 heteroatoms. The summed E-state index contributed by atoms with van der Waals surface area (Å²) < 4.78 is 0. The van der Waals surface area contributed by atoms with Crippen molar-refractivity contribution in [3.63, 3.8) is 0 Å². The Morgan fingerprint density at radius 1 is 0.600 bits per heavy atom. The Morgan fingerprint density at radius 3 is 0.600 bits per heavy atom. The largest absolute Gasteiger partial charge is 2.00 e. The molecule has 0 atom stereocenters. The van der Waals surface area contributed by atoms with Crippen LogP contribution in [-0.2, 0) is 16.8 Å². The molecule has 0 aliphatic heterocycles. The quantitative estimate of drug-likeness (QED) is 0.341. The van der Waals surface area contributed by atoms with Crippen LogP contribution >= 0.6 is 0 Å². The summed E-state index contributed by atoms with van der Waals surface area (Å²) >= 11 is 0. The smallest absolute Gasteiger partial charge is 1.00 e. The summed E-state index contributed by atoms with van der Waals surface area (Å²) in [6.45, 7) is 0. The van der Waals surface area contributed by atoms with Gasteiger partial charge in [-0.25, -0.2) is 0 Å². The van der Waals surface area contributed by atoms with Crippen molar-refractivity contribution in [1.82, 2.24) is 6.15 Å². The SMILES string of the molecule is [Co+2].[F-].[F-].[F-].[NH4+]. The summed E-state index contributed by atoms with van der Waals surface area (Å²) in [5.41, 5.74) is 0. The van der Waals surface area contributed by atoms with Gasteiger partial charge in [0.1, 0.15) is 0 Å². The Kier molecular flexibility index (Phi) is 199000. The number of halogens is 3. The van der Waals surface area contributed by atoms with Gasteiger partial charge in [0.2, 0.25) is 0 Å². The van der Waals surface area contributed by atoms with E-state index in [1.165, 1.54) is 0 Å². The van der Waals surface area contributed by atoms with Gasteiger partial charge in [-0.05, 0) is 0 Å². The molecular weight excluding hydrogens is 130 g/mol. The Morgan fingerprint density at radius 2 is 0.600 bits per heavy atom. The molecule has 0 aliphatic rings. The van der Waals surface area contributed by atoms with Gasteiger partial charge in [-0.15, -0.1) is 0 Å². The first-order valence-corrected chi connectivity index (χ1v) is 0. The molecule has 0 unspecified atom stereocenters. The molecule has 0 aromatic rings. The van der Waals surface area contributed by atoms with Crippen LogP contribution in [0.15, 0.2) is 0 Å². The first kappa shape index (κ1) is 1450. The predicted molar refractivity (Wildman–Crippen MR) is 5.98 cm³/mol. The van der Waals surface area contributed by atoms with Crippen LogP contribution in [0.5, 0.6) is 0 Å². The molecule has 0 rings (SSSR count). The molecule has 0 bridgehead atoms. The van der Waals surface area contributed by atoms with Gasteiger partial charge >= 0.3 is 16.8 Å². The second-order valence-electron chi connectivity index (χ2n) is 0. The van der Waals surface area contributed by atoms with Crippen molar-refractivity contribution >= 4 is 0 Å². The molecule has 1 radical (unpaired) electrons. The Labute approximate surface area is 38.0 Å². The fourth-order valence-corrected chi connectivity index (χ4v) is 0. The monoisotopic (exact) mass is 134 g/mol. The van der Waals surface area contributed by atoms with Gasteiger partial charge < -0.3 is 20.3 Å². The molecule has 4 N–H and O–H groups in total. The average Bonchev–Trinajstić information content (AvgIpc) is 0. The molecular formula is H4CoF3N. The van der Waals surface area contributed by atoms with E-state index >= 15 is 0 Å². The minimum atomic E-state index is 0. The number of hydrogen-bond donors (Lipinski definition) is 1. The zero-order valence-electron chi connectivity index (χ0n) is 2.47. The minimum absolute atomic E-state index is 0. The fraction of sp³-hybridized carbons (Fsp3) is 0. The third-order valence-electron chi connectivity index (χ3n) is 0. The molecule has 0 heterocycles. The molecule has 1 nitrogen and oxygen atoms in total. The summed E-state index contributed by atoms with van der Waals surface area (Å²) in [5.74, 6) is 0. The van der Waals surface area contributed by atoms with E-state index in [-0.39, 0.29) is 37.0 Å². The topological polar surface area (TPSA) is 36.5 Å². The molecule has 0 spiro atoms. The molecule has 0 saturated heterocycles. The van der Waals surface area contributed by atoms with Crippen molar-refractivity contribution in [1.29, 1.82) is 0 Å². The molecule has 0 saturated carbocycles. The Hall–Kier alpha value is 0.256. The second-order valence-corrected chi connectivity index (χ2v) is 0. The number of quaternary nitrogens is 1. The van der Waals surface area contributed by atoms with Crippen molar-refractivity contribution < 1.29 is 30.9 Å². The van der Waals surface area contributed by atoms with Crippen molar-refractivity contribution in [3.8, 4) is 0 Å². The molecule has 0 amide bonds. The summed E-state index contributed by atoms with van der Waals surface area (Å²) in [4.78, 5) is 0. The van der Waals surface area contributed by atoms with Crippen LogP contribution in [0.1, 0.15) is 0 Å². The van der Waals surface area contributed by atoms with Gasteiger partial charge in [-0.3, -0.25) is 0 Å². The van der Waals surface area contributed by atoms with Gasteiger partial charge in [0.25, 0.3) is 0 Å². The van der Waals surface area contributed by atoms with Gasteiger partial charge in [0.05, 0.1) is 0 Å². The van der Waals surface area contributed by atoms with Gasteiger partial charge in [0, 0.05) is 0 Å². The minimum Gasteiger partial charge on any atom is -1.00 e. The van der Waals surface area contributed by atoms with Crippen LogP contribution in [0, 0.1) is 0 Å². The summed E-state index contributed by atoms with van der Waals surface area (Å²) in [7, 11) is 0. The first-order valence-electron chi connectivity index (χ1n) is 0. The standard InChI is InChI=1S/Co.3FH.H3N/h;3*1H;1H3/q+2;;;;/p-2. The van der Waals surface area contributed by atoms with Crippen LogP contribution in [0.25, 0.3) is 0 Å². The van der Waals surface area contributed by atoms with Gasteiger partial charge in [-0.2, -0.15) is 0 Å². The van der Waals surface area contributed by atoms with E-state index in [0.717, 1.165) is 0 Å². The summed E-state index contributed by atoms with van der Waals surface area (Å²) in [6.07, 6.45) is 0. The van der Waals surface area contributed by atoms with E-state index < -0.39 is 0 Å². The summed E-state index contributed by atoms with van der Waals surface area (Å²) in [6, 6.07) is 0. The average molecular weight is 134 g/mol. The van der Waals surface area contributed by atoms with E-state index in [1.54, 1.807) is 0 Å². The normalized spacial score (nSPS) is 0. The molecule has 0 fully saturated rings. The van der Waals surface area contributed by atoms with E-state index in [1.807, 2.05) is 0 Å². The van der Waals surface area contributed by atoms with Gasteiger partial charge in [0.15, 0.2) is 0 Å². The fourth-order valence-electron chi connectivity index (χ4n) is 0. The maximum atomic E-state index is 0. The van der Waals surface area contributed by atoms with Gasteiger partial charge in [-0.1, -0.05) is 0 Å². The van der Waals surface area contributed by atoms with Crippen LogP contribution in [0.4, 0.5) is 0 Å². The molecule has 0 aromatic heterocycles. The molecule has 5 heavy (non-hydrogen) atoms. The van der Waals surface area contributed by atoms with Crippen molar-refractivity contribution in [2.75, 3.05) is 0 Å². The zero-order valence-corrected chi connectivity index (χ0v) is 3.51. The van der Waals surface area contributed by atoms with E-state index in [0.29, 0.717) is 0 Å². The zero-order chi connectivity index (χ0) is 0. The molecule has 0 aliphatic carbocycles. The maximum absolute atomic E-state index is 0. The third-order valence-corrected chi connectivity index (χ3v) is 0. The third kappa shape index (κ3) is 329. The molecule has 39 valence electrons. The van der Waals surface area contributed by atoms with E-state index in [2.05, 4.69) is 0 Å². The van der Waals surface area contributed by atoms with Crippen LogP contribution in [-0.4, -0.2) is 0 Å². The Bertz CT molecular complexity index is 6.85. The Balaban J connectivity index is 0. The number of rotatable bonds is 0. The van der Waals surface area contributed by atoms with Crippen molar-refractivity contribution in [2.45, 2.75) is 0 Å². The van der Waals surface area contributed by atoms with E-state index in [9.17, 15) is 0 Å². The van der Waals surface area contributed by atoms with Crippen LogP contribution in [0.2, 0.25) is 0 Å². The maximum Gasteiger partial charge on any atom is 2.00 e. The first-order chi connectivity index (χ1) is 0. The van der Waals surface area contributed by atoms with Crippen molar-refractivity contribution in [2.24, 2.45) is 0 Å².